The minimum Gasteiger partial charge on any atom is -0.314 e. The van der Waals surface area contributed by atoms with Crippen molar-refractivity contribution in [3.8, 4) is 0 Å². The van der Waals surface area contributed by atoms with Crippen LogP contribution in [0.5, 0.6) is 0 Å². The second-order valence-corrected chi connectivity index (χ2v) is 5.86. The van der Waals surface area contributed by atoms with Crippen molar-refractivity contribution in [3.05, 3.63) is 34.1 Å². The Hall–Kier alpha value is -0.270. The molecule has 2 nitrogen and oxygen atoms in total. The fourth-order valence-electron chi connectivity index (χ4n) is 2.82. The molecule has 9 heteroatoms. The molecule has 0 aliphatic carbocycles. The predicted octanol–water partition coefficient (Wildman–Crippen LogP) is 5.09. The summed E-state index contributed by atoms with van der Waals surface area (Å²) in [5.41, 5.74) is -0.853. The maximum Gasteiger partial charge on any atom is 0.416 e. The zero-order valence-corrected chi connectivity index (χ0v) is 15.5. The number of nitrogens with zero attached hydrogens (tertiary/aromatic N) is 1. The maximum absolute atomic E-state index is 14.4. The van der Waals surface area contributed by atoms with Crippen molar-refractivity contribution in [3.63, 3.8) is 0 Å². The van der Waals surface area contributed by atoms with Gasteiger partial charge in [-0.2, -0.15) is 13.2 Å². The zero-order valence-electron chi connectivity index (χ0n) is 13.1. The first-order chi connectivity index (χ1) is 10.3. The van der Waals surface area contributed by atoms with Crippen LogP contribution in [0.15, 0.2) is 12.1 Å². The van der Waals surface area contributed by atoms with Gasteiger partial charge in [-0.05, 0) is 18.6 Å². The molecule has 1 aliphatic rings. The largest absolute Gasteiger partial charge is 0.416 e. The number of piperazine rings is 1. The van der Waals surface area contributed by atoms with E-state index < -0.39 is 22.6 Å². The van der Waals surface area contributed by atoms with Crippen LogP contribution in [0.2, 0.25) is 5.02 Å². The Morgan fingerprint density at radius 3 is 2.29 bits per heavy atom. The molecule has 1 aliphatic heterocycles. The Morgan fingerprint density at radius 1 is 1.21 bits per heavy atom. The van der Waals surface area contributed by atoms with Crippen LogP contribution in [-0.2, 0) is 6.18 Å². The molecule has 0 saturated carbocycles. The summed E-state index contributed by atoms with van der Waals surface area (Å²) in [6.07, 6.45) is -3.19. The number of hydrogen-bond donors (Lipinski definition) is 1. The van der Waals surface area contributed by atoms with Crippen LogP contribution in [-0.4, -0.2) is 31.1 Å². The van der Waals surface area contributed by atoms with Gasteiger partial charge in [0, 0.05) is 37.8 Å². The van der Waals surface area contributed by atoms with Gasteiger partial charge in [-0.25, -0.2) is 4.39 Å². The van der Waals surface area contributed by atoms with Gasteiger partial charge in [0.2, 0.25) is 0 Å². The van der Waals surface area contributed by atoms with E-state index in [1.165, 1.54) is 0 Å². The molecule has 1 aromatic carbocycles. The Kier molecular flexibility index (Phi) is 9.91. The molecule has 24 heavy (non-hydrogen) atoms. The van der Waals surface area contributed by atoms with Crippen molar-refractivity contribution in [1.29, 1.82) is 0 Å². The summed E-state index contributed by atoms with van der Waals surface area (Å²) in [6, 6.07) is 1.18. The Labute approximate surface area is 156 Å². The summed E-state index contributed by atoms with van der Waals surface area (Å²) in [4.78, 5) is 2.02. The highest BCUT2D eigenvalue weighted by Gasteiger charge is 2.34. The highest BCUT2D eigenvalue weighted by Crippen LogP contribution is 2.37. The quantitative estimate of drug-likeness (QED) is 0.695. The molecule has 1 heterocycles. The van der Waals surface area contributed by atoms with Crippen LogP contribution in [0, 0.1) is 5.82 Å². The minimum atomic E-state index is -4.54. The van der Waals surface area contributed by atoms with Crippen LogP contribution in [0.1, 0.15) is 36.9 Å². The molecule has 1 aromatic rings. The molecule has 0 amide bonds. The third-order valence-corrected chi connectivity index (χ3v) is 4.17. The van der Waals surface area contributed by atoms with E-state index in [9.17, 15) is 17.6 Å². The lowest BCUT2D eigenvalue weighted by atomic mass is 9.97. The molecule has 1 fully saturated rings. The van der Waals surface area contributed by atoms with Crippen LogP contribution >= 0.6 is 36.4 Å². The van der Waals surface area contributed by atoms with Gasteiger partial charge in [0.25, 0.3) is 0 Å². The normalized spacial score (nSPS) is 16.9. The second kappa shape index (κ2) is 10.0. The van der Waals surface area contributed by atoms with Crippen molar-refractivity contribution in [2.24, 2.45) is 0 Å². The van der Waals surface area contributed by atoms with Gasteiger partial charge >= 0.3 is 6.18 Å². The van der Waals surface area contributed by atoms with Crippen LogP contribution in [0.25, 0.3) is 0 Å². The number of halogens is 7. The fraction of sp³-hybridized carbons (Fsp3) is 0.600. The molecule has 0 unspecified atom stereocenters. The topological polar surface area (TPSA) is 15.3 Å². The first-order valence-electron chi connectivity index (χ1n) is 7.35. The number of hydrogen-bond acceptors (Lipinski definition) is 2. The average Bonchev–Trinajstić information content (AvgIpc) is 2.47. The van der Waals surface area contributed by atoms with E-state index in [-0.39, 0.29) is 36.4 Å². The minimum absolute atomic E-state index is 0. The Balaban J connectivity index is 0.00000264. The lowest BCUT2D eigenvalue weighted by Gasteiger charge is -2.35. The summed E-state index contributed by atoms with van der Waals surface area (Å²) in [5, 5.41) is 2.71. The van der Waals surface area contributed by atoms with Crippen LogP contribution < -0.4 is 5.32 Å². The van der Waals surface area contributed by atoms with E-state index >= 15 is 0 Å². The standard InChI is InChI=1S/C15H19ClF4N2.2ClH/c1-2-3-13(22-6-4-21-5-7-22)11-8-10(15(18,19)20)9-12(16)14(11)17;;/h8-9,13,21H,2-7H2,1H3;2*1H/t13-;;/m1../s1. The van der Waals surface area contributed by atoms with E-state index in [0.717, 1.165) is 25.6 Å². The van der Waals surface area contributed by atoms with Crippen molar-refractivity contribution in [2.75, 3.05) is 26.2 Å². The van der Waals surface area contributed by atoms with Gasteiger partial charge in [0.1, 0.15) is 5.82 Å². The molecule has 0 aromatic heterocycles. The lowest BCUT2D eigenvalue weighted by molar-refractivity contribution is -0.137. The third kappa shape index (κ3) is 5.63. The molecule has 140 valence electrons. The van der Waals surface area contributed by atoms with Crippen molar-refractivity contribution in [1.82, 2.24) is 10.2 Å². The van der Waals surface area contributed by atoms with E-state index in [1.807, 2.05) is 11.8 Å². The monoisotopic (exact) mass is 410 g/mol. The third-order valence-electron chi connectivity index (χ3n) is 3.90. The molecule has 0 radical (unpaired) electrons. The van der Waals surface area contributed by atoms with Gasteiger partial charge < -0.3 is 5.32 Å². The van der Waals surface area contributed by atoms with Gasteiger partial charge in [-0.3, -0.25) is 4.90 Å². The molecular weight excluding hydrogens is 391 g/mol. The highest BCUT2D eigenvalue weighted by atomic mass is 35.5. The summed E-state index contributed by atoms with van der Waals surface area (Å²) in [7, 11) is 0. The smallest absolute Gasteiger partial charge is 0.314 e. The Morgan fingerprint density at radius 2 is 1.79 bits per heavy atom. The second-order valence-electron chi connectivity index (χ2n) is 5.45. The van der Waals surface area contributed by atoms with Gasteiger partial charge in [0.15, 0.2) is 0 Å². The summed E-state index contributed by atoms with van der Waals surface area (Å²) in [5.74, 6) is -0.744. The molecule has 2 rings (SSSR count). The van der Waals surface area contributed by atoms with Crippen LogP contribution in [0.3, 0.4) is 0 Å². The molecule has 1 saturated heterocycles. The van der Waals surface area contributed by atoms with Crippen molar-refractivity contribution >= 4 is 36.4 Å². The van der Waals surface area contributed by atoms with Crippen LogP contribution in [0.4, 0.5) is 17.6 Å². The van der Waals surface area contributed by atoms with Crippen molar-refractivity contribution < 1.29 is 17.6 Å². The molecule has 1 atom stereocenters. The van der Waals surface area contributed by atoms with Gasteiger partial charge in [-0.1, -0.05) is 24.9 Å². The van der Waals surface area contributed by atoms with E-state index in [1.54, 1.807) is 0 Å². The summed E-state index contributed by atoms with van der Waals surface area (Å²) < 4.78 is 53.3. The highest BCUT2D eigenvalue weighted by molar-refractivity contribution is 6.30. The number of nitrogens with one attached hydrogen (secondary N) is 1. The predicted molar refractivity (Wildman–Crippen MR) is 93.0 cm³/mol. The fourth-order valence-corrected chi connectivity index (χ4v) is 3.05. The lowest BCUT2D eigenvalue weighted by Crippen LogP contribution is -2.45. The number of alkyl halides is 3. The van der Waals surface area contributed by atoms with Gasteiger partial charge in [0.05, 0.1) is 10.6 Å². The maximum atomic E-state index is 14.4. The first kappa shape index (κ1) is 23.7. The van der Waals surface area contributed by atoms with E-state index in [4.69, 9.17) is 11.6 Å². The Bertz CT molecular complexity index is 520. The van der Waals surface area contributed by atoms with Gasteiger partial charge in [-0.15, -0.1) is 24.8 Å². The van der Waals surface area contributed by atoms with Crippen molar-refractivity contribution in [2.45, 2.75) is 32.0 Å². The average molecular weight is 412 g/mol. The molecule has 1 N–H and O–H groups in total. The van der Waals surface area contributed by atoms with E-state index in [2.05, 4.69) is 5.32 Å². The molecule has 0 spiro atoms. The molecule has 0 bridgehead atoms. The summed E-state index contributed by atoms with van der Waals surface area (Å²) in [6.45, 7) is 4.78. The summed E-state index contributed by atoms with van der Waals surface area (Å²) >= 11 is 5.70. The zero-order chi connectivity index (χ0) is 16.3. The SMILES string of the molecule is CCC[C@H](c1cc(C(F)(F)F)cc(Cl)c1F)N1CCNCC1.Cl.Cl. The number of benzene rings is 1. The first-order valence-corrected chi connectivity index (χ1v) is 7.73. The number of rotatable bonds is 4. The van der Waals surface area contributed by atoms with E-state index in [0.29, 0.717) is 25.6 Å². The molecular formula is C15H21Cl3F4N2.